The van der Waals surface area contributed by atoms with Gasteiger partial charge in [0.1, 0.15) is 11.9 Å². The minimum Gasteiger partial charge on any atom is -0.493 e. The van der Waals surface area contributed by atoms with Gasteiger partial charge in [-0.25, -0.2) is 19.4 Å². The number of nitrogen functional groups attached to an aromatic ring is 1. The molecule has 5 rings (SSSR count). The first-order chi connectivity index (χ1) is 21.0. The Kier molecular flexibility index (Phi) is 8.26. The van der Waals surface area contributed by atoms with Crippen LogP contribution >= 0.6 is 11.3 Å². The van der Waals surface area contributed by atoms with E-state index >= 15 is 0 Å². The molecule has 44 heavy (non-hydrogen) atoms. The summed E-state index contributed by atoms with van der Waals surface area (Å²) in [7, 11) is 1.44. The Morgan fingerprint density at radius 2 is 1.93 bits per heavy atom. The lowest BCUT2D eigenvalue weighted by molar-refractivity contribution is -0.193. The normalized spacial score (nSPS) is 13.5. The molecular formula is C26H22F3N7O7S. The average Bonchev–Trinajstić information content (AvgIpc) is 3.54. The first-order valence-electron chi connectivity index (χ1n) is 12.6. The van der Waals surface area contributed by atoms with E-state index in [-0.39, 0.29) is 11.7 Å². The van der Waals surface area contributed by atoms with Gasteiger partial charge < -0.3 is 30.0 Å². The predicted molar refractivity (Wildman–Crippen MR) is 148 cm³/mol. The summed E-state index contributed by atoms with van der Waals surface area (Å²) in [5.41, 5.74) is 7.20. The summed E-state index contributed by atoms with van der Waals surface area (Å²) in [6.07, 6.45) is -4.79. The van der Waals surface area contributed by atoms with Gasteiger partial charge in [-0.3, -0.25) is 10.4 Å². The number of halogens is 3. The van der Waals surface area contributed by atoms with E-state index in [1.807, 2.05) is 0 Å². The maximum absolute atomic E-state index is 13.1. The number of aromatic nitrogens is 4. The minimum absolute atomic E-state index is 0.0131. The highest BCUT2D eigenvalue weighted by Crippen LogP contribution is 2.42. The largest absolute Gasteiger partial charge is 0.493 e. The molecule has 1 unspecified atom stereocenters. The molecule has 18 heteroatoms. The number of aromatic amines is 1. The van der Waals surface area contributed by atoms with E-state index in [1.165, 1.54) is 7.11 Å². The van der Waals surface area contributed by atoms with Crippen molar-refractivity contribution in [2.45, 2.75) is 18.6 Å². The van der Waals surface area contributed by atoms with Crippen molar-refractivity contribution in [3.63, 3.8) is 0 Å². The molecule has 0 aliphatic carbocycles. The standard InChI is InChI=1S/C26H22F3N7O7S/c1-40-15-9-13(10-16-18(15)42-8-2-7-41-16)17(33-14-5-3-12(4-6-14)20(30)31)21-34-25(39)36(35-21)22-19(44-11-32-22)23(37)43-24(38)26(27,28)29/h3-6,9-11,17,33H,2,7-8H2,1H3,(H3,30,31)(H,34,35,39). The van der Waals surface area contributed by atoms with Gasteiger partial charge in [-0.1, -0.05) is 0 Å². The van der Waals surface area contributed by atoms with Crippen LogP contribution in [0.1, 0.15) is 39.1 Å². The van der Waals surface area contributed by atoms with Crippen LogP contribution in [-0.4, -0.2) is 64.0 Å². The number of hydrogen-bond acceptors (Lipinski definition) is 12. The number of carbonyl (C=O) groups is 2. The number of benzene rings is 2. The number of methoxy groups -OCH3 is 1. The van der Waals surface area contributed by atoms with Crippen molar-refractivity contribution in [1.29, 1.82) is 5.41 Å². The van der Waals surface area contributed by atoms with E-state index in [1.54, 1.807) is 36.4 Å². The van der Waals surface area contributed by atoms with E-state index in [4.69, 9.17) is 25.4 Å². The molecule has 0 fully saturated rings. The zero-order valence-corrected chi connectivity index (χ0v) is 23.4. The van der Waals surface area contributed by atoms with Crippen molar-refractivity contribution in [2.24, 2.45) is 5.73 Å². The molecule has 0 spiro atoms. The molecule has 1 aliphatic heterocycles. The Morgan fingerprint density at radius 3 is 2.61 bits per heavy atom. The summed E-state index contributed by atoms with van der Waals surface area (Å²) in [5.74, 6) is -3.90. The summed E-state index contributed by atoms with van der Waals surface area (Å²) in [6.45, 7) is 0.771. The number of esters is 2. The number of carbonyl (C=O) groups excluding carboxylic acids is 2. The molecular weight excluding hydrogens is 611 g/mol. The second-order valence-corrected chi connectivity index (χ2v) is 9.93. The molecule has 0 saturated carbocycles. The van der Waals surface area contributed by atoms with Gasteiger partial charge >= 0.3 is 23.8 Å². The van der Waals surface area contributed by atoms with Crippen molar-refractivity contribution < 1.29 is 41.7 Å². The number of thiazole rings is 1. The van der Waals surface area contributed by atoms with Gasteiger partial charge in [-0.15, -0.1) is 16.4 Å². The molecule has 0 amide bonds. The first-order valence-corrected chi connectivity index (χ1v) is 13.5. The first kappa shape index (κ1) is 30.1. The number of ether oxygens (including phenoxy) is 4. The number of alkyl halides is 3. The number of anilines is 1. The molecule has 14 nitrogen and oxygen atoms in total. The quantitative estimate of drug-likeness (QED) is 0.0964. The zero-order valence-electron chi connectivity index (χ0n) is 22.6. The lowest BCUT2D eigenvalue weighted by atomic mass is 10.0. The second-order valence-electron chi connectivity index (χ2n) is 9.08. The van der Waals surface area contributed by atoms with Crippen molar-refractivity contribution in [2.75, 3.05) is 25.6 Å². The van der Waals surface area contributed by atoms with Crippen LogP contribution in [0.2, 0.25) is 0 Å². The third-order valence-corrected chi connectivity index (χ3v) is 6.95. The van der Waals surface area contributed by atoms with Crippen molar-refractivity contribution >= 4 is 34.8 Å². The summed E-state index contributed by atoms with van der Waals surface area (Å²) in [4.78, 5) is 42.6. The van der Waals surface area contributed by atoms with Gasteiger partial charge in [0.2, 0.25) is 5.75 Å². The molecule has 1 atom stereocenters. The second kappa shape index (κ2) is 12.1. The van der Waals surface area contributed by atoms with Crippen LogP contribution in [0.25, 0.3) is 5.82 Å². The van der Waals surface area contributed by atoms with Crippen LogP contribution in [0, 0.1) is 5.41 Å². The fraction of sp³-hybridized carbons (Fsp3) is 0.231. The van der Waals surface area contributed by atoms with Gasteiger partial charge in [0.15, 0.2) is 28.0 Å². The van der Waals surface area contributed by atoms with Crippen molar-refractivity contribution in [1.82, 2.24) is 19.7 Å². The zero-order chi connectivity index (χ0) is 31.6. The van der Waals surface area contributed by atoms with Crippen LogP contribution < -0.4 is 31.0 Å². The van der Waals surface area contributed by atoms with E-state index in [0.717, 1.165) is 5.51 Å². The number of nitrogens with one attached hydrogen (secondary N) is 3. The van der Waals surface area contributed by atoms with Gasteiger partial charge in [0.25, 0.3) is 0 Å². The van der Waals surface area contributed by atoms with E-state index in [9.17, 15) is 27.6 Å². The van der Waals surface area contributed by atoms with Crippen molar-refractivity contribution in [3.8, 4) is 23.1 Å². The molecule has 4 aromatic rings. The highest BCUT2D eigenvalue weighted by molar-refractivity contribution is 7.12. The Morgan fingerprint density at radius 1 is 1.20 bits per heavy atom. The smallest absolute Gasteiger partial charge is 0.491 e. The lowest BCUT2D eigenvalue weighted by Crippen LogP contribution is -2.28. The number of H-pyrrole nitrogens is 1. The monoisotopic (exact) mass is 633 g/mol. The van der Waals surface area contributed by atoms with E-state index in [0.29, 0.717) is 69.7 Å². The Labute approximate surface area is 249 Å². The van der Waals surface area contributed by atoms with Gasteiger partial charge in [-0.05, 0) is 42.0 Å². The SMILES string of the molecule is COc1cc(C(Nc2ccc(C(=N)N)cc2)c2nn(-c3ncsc3C(=O)OC(=O)C(F)(F)F)c(=O)[nH]2)cc2c1OCCCO2. The third kappa shape index (κ3) is 6.19. The molecule has 0 bridgehead atoms. The molecule has 230 valence electrons. The predicted octanol–water partition coefficient (Wildman–Crippen LogP) is 2.92. The van der Waals surface area contributed by atoms with Crippen LogP contribution in [-0.2, 0) is 9.53 Å². The number of hydrogen-bond donors (Lipinski definition) is 4. The maximum atomic E-state index is 13.1. The number of amidine groups is 1. The third-order valence-electron chi connectivity index (χ3n) is 6.16. The Hall–Kier alpha value is -5.39. The molecule has 0 saturated heterocycles. The highest BCUT2D eigenvalue weighted by Gasteiger charge is 2.43. The minimum atomic E-state index is -5.41. The van der Waals surface area contributed by atoms with Crippen LogP contribution in [0.3, 0.4) is 0 Å². The molecule has 0 radical (unpaired) electrons. The van der Waals surface area contributed by atoms with Crippen LogP contribution in [0.15, 0.2) is 46.7 Å². The molecule has 5 N–H and O–H groups in total. The summed E-state index contributed by atoms with van der Waals surface area (Å²) in [6, 6.07) is 8.87. The summed E-state index contributed by atoms with van der Waals surface area (Å²) < 4.78 is 59.7. The Balaban J connectivity index is 1.57. The maximum Gasteiger partial charge on any atom is 0.491 e. The van der Waals surface area contributed by atoms with Gasteiger partial charge in [0.05, 0.1) is 25.8 Å². The van der Waals surface area contributed by atoms with Gasteiger partial charge in [-0.2, -0.15) is 17.9 Å². The highest BCUT2D eigenvalue weighted by atomic mass is 32.1. The van der Waals surface area contributed by atoms with Crippen LogP contribution in [0.5, 0.6) is 17.2 Å². The fourth-order valence-electron chi connectivity index (χ4n) is 4.14. The molecule has 2 aromatic carbocycles. The number of nitrogens with two attached hydrogens (primary N) is 1. The van der Waals surface area contributed by atoms with Crippen molar-refractivity contribution in [3.05, 3.63) is 74.2 Å². The average molecular weight is 634 g/mol. The fourth-order valence-corrected chi connectivity index (χ4v) is 4.78. The topological polar surface area (TPSA) is 197 Å². The summed E-state index contributed by atoms with van der Waals surface area (Å²) in [5, 5.41) is 15.1. The van der Waals surface area contributed by atoms with E-state index in [2.05, 4.69) is 25.1 Å². The van der Waals surface area contributed by atoms with E-state index < -0.39 is 40.5 Å². The molecule has 2 aromatic heterocycles. The number of rotatable bonds is 8. The molecule has 1 aliphatic rings. The number of nitrogens with zero attached hydrogens (tertiary/aromatic N) is 3. The summed E-state index contributed by atoms with van der Waals surface area (Å²) >= 11 is 0.548. The van der Waals surface area contributed by atoms with Gasteiger partial charge in [0, 0.05) is 17.7 Å². The number of fused-ring (bicyclic) bond motifs is 1. The lowest BCUT2D eigenvalue weighted by Gasteiger charge is -2.21. The molecule has 3 heterocycles. The Bertz CT molecular complexity index is 1780. The van der Waals surface area contributed by atoms with Crippen LogP contribution in [0.4, 0.5) is 18.9 Å².